The van der Waals surface area contributed by atoms with E-state index in [4.69, 9.17) is 33.5 Å². The summed E-state index contributed by atoms with van der Waals surface area (Å²) in [5, 5.41) is 2.81. The minimum Gasteiger partial charge on any atom is -0.444 e. The number of nitrogens with two attached hydrogens (primary N) is 3. The molecule has 0 radical (unpaired) electrons. The Balaban J connectivity index is 2.87. The zero-order valence-electron chi connectivity index (χ0n) is 12.6. The van der Waals surface area contributed by atoms with E-state index in [9.17, 15) is 4.79 Å². The smallest absolute Gasteiger partial charge is 0.412 e. The first-order valence-corrected chi connectivity index (χ1v) is 6.68. The standard InChI is InChI=1S/C13H19ClN6O2/c1-13(2,3)22-12(21)19-9-5-4-7(6-8(9)14)18-11(17)20-10(15)16/h4-6H,1-3H3,(H,19,21)(H6,15,16,17,18,20). The van der Waals surface area contributed by atoms with E-state index in [1.165, 1.54) is 6.07 Å². The molecular formula is C13H19ClN6O2. The number of carbonyl (C=O) groups excluding carboxylic acids is 1. The van der Waals surface area contributed by atoms with E-state index in [0.717, 1.165) is 0 Å². The van der Waals surface area contributed by atoms with E-state index >= 15 is 0 Å². The van der Waals surface area contributed by atoms with Gasteiger partial charge in [0, 0.05) is 0 Å². The highest BCUT2D eigenvalue weighted by molar-refractivity contribution is 6.33. The number of aliphatic imine (C=N–C) groups is 2. The summed E-state index contributed by atoms with van der Waals surface area (Å²) in [5.74, 6) is -0.306. The molecule has 0 fully saturated rings. The van der Waals surface area contributed by atoms with Crippen molar-refractivity contribution in [1.82, 2.24) is 0 Å². The predicted octanol–water partition coefficient (Wildman–Crippen LogP) is 1.91. The SMILES string of the molecule is CC(C)(C)OC(=O)Nc1ccc(N=C(N)N=C(N)N)cc1Cl. The van der Waals surface area contributed by atoms with Crippen LogP contribution in [-0.2, 0) is 4.74 Å². The van der Waals surface area contributed by atoms with Crippen LogP contribution in [0, 0.1) is 0 Å². The Kier molecular flexibility index (Phi) is 5.58. The molecule has 0 heterocycles. The maximum absolute atomic E-state index is 11.7. The van der Waals surface area contributed by atoms with Crippen LogP contribution >= 0.6 is 11.6 Å². The third-order valence-corrected chi connectivity index (χ3v) is 2.39. The summed E-state index contributed by atoms with van der Waals surface area (Å²) in [4.78, 5) is 19.2. The molecule has 1 aromatic rings. The summed E-state index contributed by atoms with van der Waals surface area (Å²) >= 11 is 6.07. The fourth-order valence-electron chi connectivity index (χ4n) is 1.38. The molecule has 0 saturated carbocycles. The molecule has 1 amide bonds. The number of nitrogens with zero attached hydrogens (tertiary/aromatic N) is 2. The molecule has 1 aromatic carbocycles. The molecule has 22 heavy (non-hydrogen) atoms. The van der Waals surface area contributed by atoms with Crippen molar-refractivity contribution >= 4 is 41.0 Å². The summed E-state index contributed by atoms with van der Waals surface area (Å²) in [6.07, 6.45) is -0.606. The molecule has 0 unspecified atom stereocenters. The maximum atomic E-state index is 11.7. The Morgan fingerprint density at radius 3 is 2.41 bits per heavy atom. The fraction of sp³-hybridized carbons (Fsp3) is 0.308. The summed E-state index contributed by atoms with van der Waals surface area (Å²) < 4.78 is 5.13. The highest BCUT2D eigenvalue weighted by Crippen LogP contribution is 2.27. The second-order valence-electron chi connectivity index (χ2n) is 5.30. The van der Waals surface area contributed by atoms with E-state index < -0.39 is 11.7 Å². The average molecular weight is 327 g/mol. The van der Waals surface area contributed by atoms with Gasteiger partial charge in [0.05, 0.1) is 16.4 Å². The highest BCUT2D eigenvalue weighted by atomic mass is 35.5. The van der Waals surface area contributed by atoms with Crippen LogP contribution < -0.4 is 22.5 Å². The summed E-state index contributed by atoms with van der Waals surface area (Å²) in [6.45, 7) is 5.29. The number of carbonyl (C=O) groups is 1. The van der Waals surface area contributed by atoms with Gasteiger partial charge in [-0.2, -0.15) is 4.99 Å². The molecule has 0 aliphatic rings. The number of rotatable bonds is 2. The third kappa shape index (κ3) is 6.31. The summed E-state index contributed by atoms with van der Waals surface area (Å²) in [5.41, 5.74) is 16.1. The maximum Gasteiger partial charge on any atom is 0.412 e. The van der Waals surface area contributed by atoms with Crippen molar-refractivity contribution in [1.29, 1.82) is 0 Å². The van der Waals surface area contributed by atoms with Crippen molar-refractivity contribution in [3.63, 3.8) is 0 Å². The van der Waals surface area contributed by atoms with Gasteiger partial charge in [0.15, 0.2) is 5.96 Å². The van der Waals surface area contributed by atoms with Crippen LogP contribution in [0.5, 0.6) is 0 Å². The number of guanidine groups is 2. The molecule has 1 rings (SSSR count). The van der Waals surface area contributed by atoms with E-state index in [2.05, 4.69) is 15.3 Å². The molecule has 0 aromatic heterocycles. The van der Waals surface area contributed by atoms with E-state index in [1.54, 1.807) is 32.9 Å². The lowest BCUT2D eigenvalue weighted by molar-refractivity contribution is 0.0636. The van der Waals surface area contributed by atoms with Crippen molar-refractivity contribution in [2.24, 2.45) is 27.2 Å². The molecule has 9 heteroatoms. The number of anilines is 1. The van der Waals surface area contributed by atoms with Crippen LogP contribution in [0.25, 0.3) is 0 Å². The first-order chi connectivity index (χ1) is 10.1. The highest BCUT2D eigenvalue weighted by Gasteiger charge is 2.17. The Morgan fingerprint density at radius 2 is 1.91 bits per heavy atom. The molecule has 120 valence electrons. The van der Waals surface area contributed by atoms with Crippen LogP contribution in [0.2, 0.25) is 5.02 Å². The van der Waals surface area contributed by atoms with Crippen LogP contribution in [0.1, 0.15) is 20.8 Å². The fourth-order valence-corrected chi connectivity index (χ4v) is 1.60. The van der Waals surface area contributed by atoms with Crippen molar-refractivity contribution in [3.8, 4) is 0 Å². The number of hydrogen-bond donors (Lipinski definition) is 4. The third-order valence-electron chi connectivity index (χ3n) is 2.08. The van der Waals surface area contributed by atoms with Gasteiger partial charge in [-0.3, -0.25) is 5.32 Å². The largest absolute Gasteiger partial charge is 0.444 e. The molecule has 0 saturated heterocycles. The number of nitrogens with one attached hydrogen (secondary N) is 1. The van der Waals surface area contributed by atoms with Crippen molar-refractivity contribution in [2.75, 3.05) is 5.32 Å². The van der Waals surface area contributed by atoms with Crippen LogP contribution in [-0.4, -0.2) is 23.6 Å². The normalized spacial score (nSPS) is 11.7. The van der Waals surface area contributed by atoms with Gasteiger partial charge < -0.3 is 21.9 Å². The number of amides is 1. The van der Waals surface area contributed by atoms with Gasteiger partial charge in [-0.1, -0.05) is 11.6 Å². The number of benzene rings is 1. The number of halogens is 1. The van der Waals surface area contributed by atoms with Gasteiger partial charge >= 0.3 is 6.09 Å². The Bertz CT molecular complexity index is 617. The van der Waals surface area contributed by atoms with E-state index in [-0.39, 0.29) is 16.9 Å². The molecular weight excluding hydrogens is 308 g/mol. The molecule has 0 bridgehead atoms. The van der Waals surface area contributed by atoms with Gasteiger partial charge in [-0.25, -0.2) is 9.79 Å². The van der Waals surface area contributed by atoms with Gasteiger partial charge in [0.1, 0.15) is 5.60 Å². The summed E-state index contributed by atoms with van der Waals surface area (Å²) in [7, 11) is 0. The van der Waals surface area contributed by atoms with Crippen molar-refractivity contribution in [2.45, 2.75) is 26.4 Å². The number of hydrogen-bond acceptors (Lipinski definition) is 3. The van der Waals surface area contributed by atoms with Gasteiger partial charge in [-0.15, -0.1) is 0 Å². The number of ether oxygens (including phenoxy) is 1. The monoisotopic (exact) mass is 326 g/mol. The first-order valence-electron chi connectivity index (χ1n) is 6.30. The van der Waals surface area contributed by atoms with E-state index in [0.29, 0.717) is 11.4 Å². The molecule has 0 aliphatic heterocycles. The second kappa shape index (κ2) is 6.99. The summed E-state index contributed by atoms with van der Waals surface area (Å²) in [6, 6.07) is 4.66. The van der Waals surface area contributed by atoms with Crippen molar-refractivity contribution in [3.05, 3.63) is 23.2 Å². The molecule has 0 spiro atoms. The van der Waals surface area contributed by atoms with Crippen LogP contribution in [0.15, 0.2) is 28.2 Å². The average Bonchev–Trinajstić information content (AvgIpc) is 2.29. The predicted molar refractivity (Wildman–Crippen MR) is 88.4 cm³/mol. The topological polar surface area (TPSA) is 141 Å². The molecule has 0 atom stereocenters. The Hall–Kier alpha value is -2.48. The van der Waals surface area contributed by atoms with Crippen LogP contribution in [0.4, 0.5) is 16.2 Å². The molecule has 0 aliphatic carbocycles. The Labute approximate surface area is 133 Å². The minimum atomic E-state index is -0.606. The van der Waals surface area contributed by atoms with E-state index in [1.807, 2.05) is 0 Å². The lowest BCUT2D eigenvalue weighted by Gasteiger charge is -2.20. The van der Waals surface area contributed by atoms with Gasteiger partial charge in [-0.05, 0) is 39.0 Å². The minimum absolute atomic E-state index is 0.107. The van der Waals surface area contributed by atoms with Crippen LogP contribution in [0.3, 0.4) is 0 Å². The first kappa shape index (κ1) is 17.6. The molecule has 8 nitrogen and oxygen atoms in total. The van der Waals surface area contributed by atoms with Gasteiger partial charge in [0.25, 0.3) is 0 Å². The van der Waals surface area contributed by atoms with Gasteiger partial charge in [0.2, 0.25) is 5.96 Å². The van der Waals surface area contributed by atoms with Crippen molar-refractivity contribution < 1.29 is 9.53 Å². The Morgan fingerprint density at radius 1 is 1.27 bits per heavy atom. The second-order valence-corrected chi connectivity index (χ2v) is 5.70. The zero-order chi connectivity index (χ0) is 16.9. The zero-order valence-corrected chi connectivity index (χ0v) is 13.3. The molecule has 7 N–H and O–H groups in total. The quantitative estimate of drug-likeness (QED) is 0.485. The lowest BCUT2D eigenvalue weighted by atomic mass is 10.2. The lowest BCUT2D eigenvalue weighted by Crippen LogP contribution is -2.27.